The zero-order chi connectivity index (χ0) is 16.2. The second-order valence-corrected chi connectivity index (χ2v) is 10.5. The third-order valence-corrected chi connectivity index (χ3v) is 8.86. The van der Waals surface area contributed by atoms with Gasteiger partial charge >= 0.3 is 0 Å². The molecule has 4 nitrogen and oxygen atoms in total. The maximum atomic E-state index is 11.6. The molecule has 22 heavy (non-hydrogen) atoms. The van der Waals surface area contributed by atoms with E-state index in [9.17, 15) is 19.2 Å². The van der Waals surface area contributed by atoms with Gasteiger partial charge in [0.2, 0.25) is 0 Å². The van der Waals surface area contributed by atoms with Crippen LogP contribution in [0.4, 0.5) is 0 Å². The van der Waals surface area contributed by atoms with Gasteiger partial charge in [0.25, 0.3) is 20.5 Å². The molecule has 0 aromatic carbocycles. The quantitative estimate of drug-likeness (QED) is 0.550. The Morgan fingerprint density at radius 1 is 0.409 bits per heavy atom. The van der Waals surface area contributed by atoms with Gasteiger partial charge in [0.05, 0.1) is 0 Å². The Bertz CT molecular complexity index is 340. The monoisotopic (exact) mass is 416 g/mol. The third kappa shape index (κ3) is 9.82. The minimum absolute atomic E-state index is 0.373. The summed E-state index contributed by atoms with van der Waals surface area (Å²) in [5.41, 5.74) is 0. The molecule has 0 N–H and O–H groups in total. The highest BCUT2D eigenvalue weighted by atomic mass is 32.2. The van der Waals surface area contributed by atoms with Crippen LogP contribution in [0.25, 0.3) is 0 Å². The highest BCUT2D eigenvalue weighted by Gasteiger charge is 2.16. The Hall–Kier alpha value is 0.780. The van der Waals surface area contributed by atoms with Gasteiger partial charge in [-0.3, -0.25) is 19.2 Å². The Labute approximate surface area is 155 Å². The Morgan fingerprint density at radius 3 is 0.864 bits per heavy atom. The minimum atomic E-state index is -0.373. The van der Waals surface area contributed by atoms with Crippen molar-refractivity contribution in [1.82, 2.24) is 0 Å². The fraction of sp³-hybridized carbons (Fsp3) is 0.667. The van der Waals surface area contributed by atoms with Crippen LogP contribution in [0.5, 0.6) is 0 Å². The van der Waals surface area contributed by atoms with Crippen molar-refractivity contribution in [2.75, 3.05) is 46.0 Å². The first-order valence-corrected chi connectivity index (χ1v) is 12.7. The molecule has 1 aliphatic rings. The van der Waals surface area contributed by atoms with E-state index in [1.54, 1.807) is 23.5 Å². The van der Waals surface area contributed by atoms with E-state index in [2.05, 4.69) is 0 Å². The fourth-order valence-corrected chi connectivity index (χ4v) is 6.76. The van der Waals surface area contributed by atoms with Gasteiger partial charge < -0.3 is 0 Å². The van der Waals surface area contributed by atoms with Crippen molar-refractivity contribution in [3.05, 3.63) is 0 Å². The van der Waals surface area contributed by atoms with Crippen LogP contribution in [-0.4, -0.2) is 66.5 Å². The summed E-state index contributed by atoms with van der Waals surface area (Å²) >= 11 is 7.48. The molecule has 1 aliphatic heterocycles. The lowest BCUT2D eigenvalue weighted by Gasteiger charge is -2.04. The van der Waals surface area contributed by atoms with E-state index >= 15 is 0 Å². The van der Waals surface area contributed by atoms with Crippen LogP contribution in [0.1, 0.15) is 0 Å². The maximum Gasteiger partial charge on any atom is 0.266 e. The summed E-state index contributed by atoms with van der Waals surface area (Å²) < 4.78 is 0. The first kappa shape index (κ1) is 20.8. The molecular weight excluding hydrogens is 401 g/mol. The number of carbonyl (C=O) groups is 4. The first-order valence-electron chi connectivity index (χ1n) is 6.44. The lowest BCUT2D eigenvalue weighted by atomic mass is 10.9. The summed E-state index contributed by atoms with van der Waals surface area (Å²) in [7, 11) is 0. The second kappa shape index (κ2) is 13.1. The van der Waals surface area contributed by atoms with Gasteiger partial charge in [0, 0.05) is 46.0 Å². The van der Waals surface area contributed by atoms with Gasteiger partial charge in [-0.1, -0.05) is 47.0 Å². The van der Waals surface area contributed by atoms with E-state index in [0.29, 0.717) is 23.0 Å². The summed E-state index contributed by atoms with van der Waals surface area (Å²) in [6.45, 7) is 0. The molecule has 124 valence electrons. The van der Waals surface area contributed by atoms with Crippen LogP contribution >= 0.6 is 70.6 Å². The predicted molar refractivity (Wildman–Crippen MR) is 105 cm³/mol. The molecule has 0 aromatic heterocycles. The SMILES string of the molecule is O=C1SCCSCCSC(=O)C(=O)SCCSCCSC1=O. The van der Waals surface area contributed by atoms with E-state index in [1.165, 1.54) is 0 Å². The minimum Gasteiger partial charge on any atom is -0.277 e. The summed E-state index contributed by atoms with van der Waals surface area (Å²) in [6, 6.07) is 0. The summed E-state index contributed by atoms with van der Waals surface area (Å²) in [6.07, 6.45) is 0. The largest absolute Gasteiger partial charge is 0.277 e. The molecule has 0 saturated carbocycles. The van der Waals surface area contributed by atoms with Crippen molar-refractivity contribution >= 4 is 91.0 Å². The average Bonchev–Trinajstić information content (AvgIpc) is 2.51. The molecule has 0 amide bonds. The summed E-state index contributed by atoms with van der Waals surface area (Å²) in [5.74, 6) is 5.39. The van der Waals surface area contributed by atoms with Gasteiger partial charge in [-0.2, -0.15) is 23.5 Å². The van der Waals surface area contributed by atoms with Crippen molar-refractivity contribution in [3.63, 3.8) is 0 Å². The van der Waals surface area contributed by atoms with Crippen LogP contribution in [0, 0.1) is 0 Å². The predicted octanol–water partition coefficient (Wildman–Crippen LogP) is 2.51. The Morgan fingerprint density at radius 2 is 0.636 bits per heavy atom. The third-order valence-electron chi connectivity index (χ3n) is 2.18. The first-order chi connectivity index (χ1) is 10.6. The number of hydrogen-bond donors (Lipinski definition) is 0. The van der Waals surface area contributed by atoms with Crippen molar-refractivity contribution in [2.45, 2.75) is 0 Å². The second-order valence-electron chi connectivity index (χ2n) is 3.77. The Balaban J connectivity index is 2.38. The van der Waals surface area contributed by atoms with E-state index in [4.69, 9.17) is 0 Å². The summed E-state index contributed by atoms with van der Waals surface area (Å²) in [5, 5.41) is -1.49. The number of thioether (sulfide) groups is 6. The van der Waals surface area contributed by atoms with Gasteiger partial charge in [0.15, 0.2) is 0 Å². The van der Waals surface area contributed by atoms with Crippen LogP contribution in [0.3, 0.4) is 0 Å². The smallest absolute Gasteiger partial charge is 0.266 e. The zero-order valence-electron chi connectivity index (χ0n) is 11.7. The molecule has 10 heteroatoms. The standard InChI is InChI=1S/C12H16O4S6/c13-9-10(14)21-7-3-18-4-8-22-12(16)11(15)20-6-2-17-1-5-19-9/h1-8H2. The molecule has 0 spiro atoms. The molecule has 0 atom stereocenters. The van der Waals surface area contributed by atoms with E-state index in [0.717, 1.165) is 70.1 Å². The van der Waals surface area contributed by atoms with Crippen molar-refractivity contribution in [1.29, 1.82) is 0 Å². The molecular formula is C12H16O4S6. The van der Waals surface area contributed by atoms with Crippen LogP contribution in [0.2, 0.25) is 0 Å². The van der Waals surface area contributed by atoms with Crippen LogP contribution in [0.15, 0.2) is 0 Å². The van der Waals surface area contributed by atoms with E-state index in [1.807, 2.05) is 0 Å². The lowest BCUT2D eigenvalue weighted by molar-refractivity contribution is -0.126. The zero-order valence-corrected chi connectivity index (χ0v) is 16.6. The molecule has 0 aliphatic carbocycles. The van der Waals surface area contributed by atoms with Gasteiger partial charge in [-0.15, -0.1) is 0 Å². The summed E-state index contributed by atoms with van der Waals surface area (Å²) in [4.78, 5) is 46.3. The molecule has 0 radical (unpaired) electrons. The maximum absolute atomic E-state index is 11.6. The van der Waals surface area contributed by atoms with Crippen LogP contribution < -0.4 is 0 Å². The van der Waals surface area contributed by atoms with Crippen molar-refractivity contribution in [2.24, 2.45) is 0 Å². The molecule has 1 rings (SSSR count). The Kier molecular flexibility index (Phi) is 12.4. The molecule has 0 unspecified atom stereocenters. The molecule has 1 fully saturated rings. The average molecular weight is 417 g/mol. The van der Waals surface area contributed by atoms with Crippen LogP contribution in [-0.2, 0) is 19.2 Å². The number of carbonyl (C=O) groups excluding carboxylic acids is 4. The van der Waals surface area contributed by atoms with Gasteiger partial charge in [-0.05, 0) is 0 Å². The topological polar surface area (TPSA) is 68.3 Å². The van der Waals surface area contributed by atoms with Gasteiger partial charge in [-0.25, -0.2) is 0 Å². The normalized spacial score (nSPS) is 22.2. The molecule has 0 aromatic rings. The van der Waals surface area contributed by atoms with Crippen molar-refractivity contribution < 1.29 is 19.2 Å². The van der Waals surface area contributed by atoms with Crippen molar-refractivity contribution in [3.8, 4) is 0 Å². The molecule has 1 heterocycles. The molecule has 1 saturated heterocycles. The highest BCUT2D eigenvalue weighted by Crippen LogP contribution is 2.18. The highest BCUT2D eigenvalue weighted by molar-refractivity contribution is 8.26. The van der Waals surface area contributed by atoms with E-state index < -0.39 is 0 Å². The lowest BCUT2D eigenvalue weighted by Crippen LogP contribution is -2.10. The molecule has 0 bridgehead atoms. The fourth-order valence-electron chi connectivity index (χ4n) is 1.21. The number of hydrogen-bond acceptors (Lipinski definition) is 10. The van der Waals surface area contributed by atoms with Gasteiger partial charge in [0.1, 0.15) is 0 Å². The number of rotatable bonds is 0. The van der Waals surface area contributed by atoms with E-state index in [-0.39, 0.29) is 20.5 Å².